The number of benzene rings is 2. The van der Waals surface area contributed by atoms with Crippen molar-refractivity contribution < 1.29 is 13.5 Å². The monoisotopic (exact) mass is 352 g/mol. The quantitative estimate of drug-likeness (QED) is 0.903. The molecule has 0 saturated heterocycles. The minimum absolute atomic E-state index is 0.248. The van der Waals surface area contributed by atoms with Gasteiger partial charge < -0.3 is 5.11 Å². The van der Waals surface area contributed by atoms with Crippen LogP contribution in [-0.2, 0) is 16.3 Å². The van der Waals surface area contributed by atoms with Gasteiger partial charge >= 0.3 is 0 Å². The molecule has 2 aromatic carbocycles. The van der Waals surface area contributed by atoms with Crippen LogP contribution in [0.2, 0.25) is 0 Å². The van der Waals surface area contributed by atoms with Crippen molar-refractivity contribution in [3.8, 4) is 0 Å². The first-order valence-corrected chi connectivity index (χ1v) is 8.59. The van der Waals surface area contributed by atoms with Crippen LogP contribution in [0.15, 0.2) is 57.9 Å². The molecule has 3 nitrogen and oxygen atoms in total. The Bertz CT molecular complexity index is 738. The number of rotatable bonds is 2. The highest BCUT2D eigenvalue weighted by atomic mass is 79.9. The van der Waals surface area contributed by atoms with Crippen LogP contribution in [0.4, 0.5) is 0 Å². The Morgan fingerprint density at radius 2 is 1.70 bits per heavy atom. The number of aliphatic hydroxyl groups is 1. The van der Waals surface area contributed by atoms with Gasteiger partial charge in [-0.15, -0.1) is 0 Å². The lowest BCUT2D eigenvalue weighted by Crippen LogP contribution is -2.25. The van der Waals surface area contributed by atoms with Gasteiger partial charge in [-0.1, -0.05) is 40.2 Å². The van der Waals surface area contributed by atoms with E-state index in [9.17, 15) is 13.5 Å². The second kappa shape index (κ2) is 4.98. The molecule has 2 aromatic rings. The second-order valence-corrected chi connectivity index (χ2v) is 7.97. The molecule has 0 saturated carbocycles. The van der Waals surface area contributed by atoms with E-state index in [1.54, 1.807) is 30.3 Å². The molecule has 0 bridgehead atoms. The van der Waals surface area contributed by atoms with Crippen molar-refractivity contribution in [1.29, 1.82) is 0 Å². The second-order valence-electron chi connectivity index (χ2n) is 4.89. The minimum atomic E-state index is -3.54. The van der Waals surface area contributed by atoms with Crippen molar-refractivity contribution in [2.24, 2.45) is 0 Å². The van der Waals surface area contributed by atoms with Crippen molar-refractivity contribution in [3.05, 3.63) is 64.1 Å². The molecule has 1 N–H and O–H groups in total. The van der Waals surface area contributed by atoms with E-state index in [0.717, 1.165) is 15.6 Å². The zero-order valence-electron chi connectivity index (χ0n) is 10.5. The van der Waals surface area contributed by atoms with Gasteiger partial charge in [0, 0.05) is 4.47 Å². The summed E-state index contributed by atoms with van der Waals surface area (Å²) in [6, 6.07) is 13.9. The van der Waals surface area contributed by atoms with E-state index in [-0.39, 0.29) is 4.90 Å². The lowest BCUT2D eigenvalue weighted by atomic mass is 10.1. The lowest BCUT2D eigenvalue weighted by molar-refractivity contribution is 0.182. The number of fused-ring (bicyclic) bond motifs is 1. The maximum Gasteiger partial charge on any atom is 0.184 e. The zero-order chi connectivity index (χ0) is 14.3. The Balaban J connectivity index is 2.00. The molecule has 1 aliphatic carbocycles. The molecule has 1 aliphatic rings. The molecule has 104 valence electrons. The van der Waals surface area contributed by atoms with Gasteiger partial charge in [-0.2, -0.15) is 0 Å². The van der Waals surface area contributed by atoms with Crippen molar-refractivity contribution in [2.75, 3.05) is 0 Å². The molecule has 0 spiro atoms. The first-order chi connectivity index (χ1) is 9.50. The third kappa shape index (κ3) is 2.20. The SMILES string of the molecule is O=S(=O)(c1ccc(Br)cc1)C1Cc2ccccc2C1O. The number of hydrogen-bond donors (Lipinski definition) is 1. The fourth-order valence-electron chi connectivity index (χ4n) is 2.62. The fourth-order valence-corrected chi connectivity index (χ4v) is 4.63. The molecule has 3 rings (SSSR count). The largest absolute Gasteiger partial charge is 0.387 e. The van der Waals surface area contributed by atoms with Crippen molar-refractivity contribution >= 4 is 25.8 Å². The highest BCUT2D eigenvalue weighted by Gasteiger charge is 2.40. The summed E-state index contributed by atoms with van der Waals surface area (Å²) in [6.45, 7) is 0. The highest BCUT2D eigenvalue weighted by molar-refractivity contribution is 9.10. The summed E-state index contributed by atoms with van der Waals surface area (Å²) in [7, 11) is -3.54. The van der Waals surface area contributed by atoms with E-state index in [0.29, 0.717) is 6.42 Å². The fraction of sp³-hybridized carbons (Fsp3) is 0.200. The summed E-state index contributed by atoms with van der Waals surface area (Å²) in [4.78, 5) is 0.248. The van der Waals surface area contributed by atoms with Crippen LogP contribution < -0.4 is 0 Å². The molecule has 20 heavy (non-hydrogen) atoms. The van der Waals surface area contributed by atoms with Crippen molar-refractivity contribution in [2.45, 2.75) is 22.7 Å². The van der Waals surface area contributed by atoms with E-state index in [2.05, 4.69) is 15.9 Å². The van der Waals surface area contributed by atoms with Gasteiger partial charge in [-0.3, -0.25) is 0 Å². The third-order valence-electron chi connectivity index (χ3n) is 3.69. The maximum absolute atomic E-state index is 12.6. The maximum atomic E-state index is 12.6. The predicted molar refractivity (Wildman–Crippen MR) is 80.2 cm³/mol. The zero-order valence-corrected chi connectivity index (χ0v) is 12.9. The molecule has 0 amide bonds. The number of hydrogen-bond acceptors (Lipinski definition) is 3. The molecular formula is C15H13BrO3S. The van der Waals surface area contributed by atoms with E-state index in [1.807, 2.05) is 18.2 Å². The Morgan fingerprint density at radius 3 is 2.35 bits per heavy atom. The summed E-state index contributed by atoms with van der Waals surface area (Å²) in [5, 5.41) is 9.50. The van der Waals surface area contributed by atoms with E-state index < -0.39 is 21.2 Å². The molecule has 2 atom stereocenters. The molecular weight excluding hydrogens is 340 g/mol. The van der Waals surface area contributed by atoms with E-state index in [4.69, 9.17) is 0 Å². The Labute approximate surface area is 126 Å². The smallest absolute Gasteiger partial charge is 0.184 e. The third-order valence-corrected chi connectivity index (χ3v) is 6.37. The average Bonchev–Trinajstić information content (AvgIpc) is 2.78. The summed E-state index contributed by atoms with van der Waals surface area (Å²) in [5.74, 6) is 0. The van der Waals surface area contributed by atoms with Crippen LogP contribution in [0.3, 0.4) is 0 Å². The number of aliphatic hydroxyl groups excluding tert-OH is 1. The van der Waals surface area contributed by atoms with Crippen LogP contribution in [0, 0.1) is 0 Å². The molecule has 0 fully saturated rings. The summed E-state index contributed by atoms with van der Waals surface area (Å²) in [5.41, 5.74) is 1.63. The van der Waals surface area contributed by atoms with Crippen LogP contribution in [-0.4, -0.2) is 18.8 Å². The first-order valence-electron chi connectivity index (χ1n) is 6.25. The van der Waals surface area contributed by atoms with Gasteiger partial charge in [-0.25, -0.2) is 8.42 Å². The van der Waals surface area contributed by atoms with Crippen LogP contribution >= 0.6 is 15.9 Å². The summed E-state index contributed by atoms with van der Waals surface area (Å²) < 4.78 is 26.1. The van der Waals surface area contributed by atoms with Crippen LogP contribution in [0.1, 0.15) is 17.2 Å². The van der Waals surface area contributed by atoms with Crippen LogP contribution in [0.25, 0.3) is 0 Å². The van der Waals surface area contributed by atoms with Gasteiger partial charge in [-0.05, 0) is 41.8 Å². The summed E-state index contributed by atoms with van der Waals surface area (Å²) in [6.07, 6.45) is -0.602. The molecule has 0 aliphatic heterocycles. The summed E-state index contributed by atoms with van der Waals surface area (Å²) >= 11 is 3.29. The molecule has 0 radical (unpaired) electrons. The standard InChI is InChI=1S/C15H13BrO3S/c16-11-5-7-12(8-6-11)20(18,19)14-9-10-3-1-2-4-13(10)15(14)17/h1-8,14-15,17H,9H2. The average molecular weight is 353 g/mol. The minimum Gasteiger partial charge on any atom is -0.387 e. The van der Waals surface area contributed by atoms with E-state index in [1.165, 1.54) is 0 Å². The molecule has 5 heteroatoms. The lowest BCUT2D eigenvalue weighted by Gasteiger charge is -2.16. The highest BCUT2D eigenvalue weighted by Crippen LogP contribution is 2.37. The van der Waals surface area contributed by atoms with Gasteiger partial charge in [0.1, 0.15) is 0 Å². The molecule has 0 heterocycles. The first kappa shape index (κ1) is 13.8. The van der Waals surface area contributed by atoms with Gasteiger partial charge in [0.2, 0.25) is 0 Å². The van der Waals surface area contributed by atoms with Crippen molar-refractivity contribution in [1.82, 2.24) is 0 Å². The normalized spacial score (nSPS) is 21.7. The Hall–Kier alpha value is -1.17. The number of sulfone groups is 1. The van der Waals surface area contributed by atoms with Gasteiger partial charge in [0.25, 0.3) is 0 Å². The Morgan fingerprint density at radius 1 is 1.05 bits per heavy atom. The molecule has 2 unspecified atom stereocenters. The topological polar surface area (TPSA) is 54.4 Å². The van der Waals surface area contributed by atoms with Gasteiger partial charge in [0.05, 0.1) is 16.2 Å². The van der Waals surface area contributed by atoms with E-state index >= 15 is 0 Å². The number of halogens is 1. The van der Waals surface area contributed by atoms with Gasteiger partial charge in [0.15, 0.2) is 9.84 Å². The Kier molecular flexibility index (Phi) is 3.44. The molecule has 0 aromatic heterocycles. The van der Waals surface area contributed by atoms with Crippen molar-refractivity contribution in [3.63, 3.8) is 0 Å². The predicted octanol–water partition coefficient (Wildman–Crippen LogP) is 2.88. The van der Waals surface area contributed by atoms with Crippen LogP contribution in [0.5, 0.6) is 0 Å².